The Labute approximate surface area is 364 Å². The van der Waals surface area contributed by atoms with Gasteiger partial charge >= 0.3 is 12.4 Å². The minimum atomic E-state index is -5.22. The highest BCUT2D eigenvalue weighted by Gasteiger charge is 2.43. The Kier molecular flexibility index (Phi) is 9.35. The van der Waals surface area contributed by atoms with E-state index < -0.39 is 29.0 Å². The quantitative estimate of drug-likeness (QED) is 0.159. The molecule has 0 fully saturated rings. The lowest BCUT2D eigenvalue weighted by Crippen LogP contribution is -2.16. The van der Waals surface area contributed by atoms with Crippen LogP contribution in [0.5, 0.6) is 0 Å². The van der Waals surface area contributed by atoms with Crippen molar-refractivity contribution in [3.05, 3.63) is 191 Å². The van der Waals surface area contributed by atoms with Crippen molar-refractivity contribution in [1.29, 1.82) is 5.26 Å². The van der Waals surface area contributed by atoms with Crippen LogP contribution in [0.25, 0.3) is 88.4 Å². The molecule has 0 N–H and O–H groups in total. The lowest BCUT2D eigenvalue weighted by Gasteiger charge is -2.25. The molecule has 9 heteroatoms. The fraction of sp³-hybridized carbons (Fsp3) is 0.109. The molecule has 0 saturated heterocycles. The molecule has 2 aromatic heterocycles. The zero-order valence-corrected chi connectivity index (χ0v) is 35.0. The molecule has 3 nitrogen and oxygen atoms in total. The second-order valence-corrected chi connectivity index (χ2v) is 16.6. The SMILES string of the molecule is Cc1cc(C)cc(-c2ccc3c4ccccc4n(-c4cc(C#N)cc(-n5c6ccccc6c6ccc(-c7cc(C)cc(C)c7)cc65)c4-c4c(C(F)(F)F)cccc4C(F)(F)F)c3c2)c1. The lowest BCUT2D eigenvalue weighted by atomic mass is 9.89. The van der Waals surface area contributed by atoms with E-state index in [1.807, 2.05) is 113 Å². The maximum absolute atomic E-state index is 15.6. The van der Waals surface area contributed by atoms with Crippen LogP contribution in [0.15, 0.2) is 152 Å². The number of aryl methyl sites for hydroxylation is 4. The van der Waals surface area contributed by atoms with E-state index in [9.17, 15) is 5.26 Å². The Morgan fingerprint density at radius 2 is 0.781 bits per heavy atom. The normalized spacial score (nSPS) is 12.2. The van der Waals surface area contributed by atoms with Gasteiger partial charge in [0.15, 0.2) is 0 Å². The smallest absolute Gasteiger partial charge is 0.308 e. The van der Waals surface area contributed by atoms with Gasteiger partial charge in [-0.05, 0) is 98.5 Å². The van der Waals surface area contributed by atoms with E-state index in [1.54, 1.807) is 33.4 Å². The van der Waals surface area contributed by atoms with Crippen LogP contribution in [0.2, 0.25) is 0 Å². The Morgan fingerprint density at radius 3 is 1.17 bits per heavy atom. The summed E-state index contributed by atoms with van der Waals surface area (Å²) in [7, 11) is 0. The molecule has 0 aliphatic rings. The van der Waals surface area contributed by atoms with Gasteiger partial charge in [-0.1, -0.05) is 125 Å². The summed E-state index contributed by atoms with van der Waals surface area (Å²) >= 11 is 0. The molecule has 64 heavy (non-hydrogen) atoms. The van der Waals surface area contributed by atoms with Gasteiger partial charge in [-0.15, -0.1) is 0 Å². The van der Waals surface area contributed by atoms with E-state index >= 15 is 26.3 Å². The van der Waals surface area contributed by atoms with E-state index in [0.29, 0.717) is 34.2 Å². The molecule has 0 radical (unpaired) electrons. The van der Waals surface area contributed by atoms with Crippen LogP contribution in [0, 0.1) is 39.0 Å². The summed E-state index contributed by atoms with van der Waals surface area (Å²) in [6.07, 6.45) is -10.4. The van der Waals surface area contributed by atoms with E-state index in [2.05, 4.69) is 18.2 Å². The zero-order chi connectivity index (χ0) is 44.8. The van der Waals surface area contributed by atoms with E-state index in [-0.39, 0.29) is 22.5 Å². The standard InChI is InChI=1S/C55H37F6N3/c1-31-20-32(2)23-38(22-31)36-16-18-42-40-10-5-7-14-46(40)63(48(42)28-36)50-26-35(30-62)27-51(53(50)52-44(54(56,57)58)12-9-13-45(52)55(59,60)61)64-47-15-8-6-11-41(47)43-19-17-37(29-49(43)64)39-24-33(3)21-34(4)25-39/h5-29H,1-4H3. The molecule has 0 aliphatic carbocycles. The summed E-state index contributed by atoms with van der Waals surface area (Å²) in [4.78, 5) is 0. The van der Waals surface area contributed by atoms with Gasteiger partial charge in [-0.3, -0.25) is 0 Å². The largest absolute Gasteiger partial charge is 0.417 e. The highest BCUT2D eigenvalue weighted by atomic mass is 19.4. The molecule has 8 aromatic carbocycles. The first-order valence-corrected chi connectivity index (χ1v) is 20.7. The average molecular weight is 854 g/mol. The molecule has 0 amide bonds. The Hall–Kier alpha value is -7.57. The minimum Gasteiger partial charge on any atom is -0.308 e. The summed E-state index contributed by atoms with van der Waals surface area (Å²) in [5.41, 5.74) is 5.38. The summed E-state index contributed by atoms with van der Waals surface area (Å²) in [5.74, 6) is 0. The van der Waals surface area contributed by atoms with Crippen molar-refractivity contribution in [3.8, 4) is 50.8 Å². The summed E-state index contributed by atoms with van der Waals surface area (Å²) in [6, 6.07) is 45.7. The number of hydrogen-bond acceptors (Lipinski definition) is 1. The second kappa shape index (κ2) is 14.8. The third-order valence-electron chi connectivity index (χ3n) is 12.1. The third-order valence-corrected chi connectivity index (χ3v) is 12.1. The summed E-state index contributed by atoms with van der Waals surface area (Å²) in [5, 5.41) is 13.7. The topological polar surface area (TPSA) is 33.6 Å². The number of alkyl halides is 6. The molecule has 0 spiro atoms. The zero-order valence-electron chi connectivity index (χ0n) is 35.0. The maximum Gasteiger partial charge on any atom is 0.417 e. The maximum atomic E-state index is 15.6. The van der Waals surface area contributed by atoms with E-state index in [1.165, 1.54) is 12.1 Å². The van der Waals surface area contributed by atoms with Gasteiger partial charge in [0, 0.05) is 32.7 Å². The highest BCUT2D eigenvalue weighted by Crippen LogP contribution is 2.51. The first kappa shape index (κ1) is 40.5. The van der Waals surface area contributed by atoms with Gasteiger partial charge in [0.25, 0.3) is 0 Å². The number of nitrogens with zero attached hydrogens (tertiary/aromatic N) is 3. The molecule has 2 heterocycles. The number of halogens is 6. The molecule has 0 bridgehead atoms. The molecular formula is C55H37F6N3. The number of nitriles is 1. The van der Waals surface area contributed by atoms with Crippen molar-refractivity contribution in [3.63, 3.8) is 0 Å². The Bertz CT molecular complexity index is 3330. The Balaban J connectivity index is 1.43. The van der Waals surface area contributed by atoms with Gasteiger partial charge in [-0.2, -0.15) is 31.6 Å². The van der Waals surface area contributed by atoms with Crippen LogP contribution >= 0.6 is 0 Å². The summed E-state index contributed by atoms with van der Waals surface area (Å²) in [6.45, 7) is 7.96. The van der Waals surface area contributed by atoms with Crippen molar-refractivity contribution in [1.82, 2.24) is 9.13 Å². The van der Waals surface area contributed by atoms with Gasteiger partial charge in [0.05, 0.1) is 56.2 Å². The van der Waals surface area contributed by atoms with Gasteiger partial charge in [0.1, 0.15) is 0 Å². The molecule has 10 aromatic rings. The van der Waals surface area contributed by atoms with Crippen LogP contribution in [0.3, 0.4) is 0 Å². The Morgan fingerprint density at radius 1 is 0.391 bits per heavy atom. The number of para-hydroxylation sites is 2. The molecule has 0 atom stereocenters. The third kappa shape index (κ3) is 6.69. The van der Waals surface area contributed by atoms with Crippen molar-refractivity contribution >= 4 is 43.6 Å². The molecule has 314 valence electrons. The number of rotatable bonds is 5. The average Bonchev–Trinajstić information content (AvgIpc) is 3.76. The number of fused-ring (bicyclic) bond motifs is 6. The predicted octanol–water partition coefficient (Wildman–Crippen LogP) is 16.0. The first-order chi connectivity index (χ1) is 30.6. The van der Waals surface area contributed by atoms with Crippen LogP contribution in [0.1, 0.15) is 38.9 Å². The molecule has 0 unspecified atom stereocenters. The highest BCUT2D eigenvalue weighted by molar-refractivity contribution is 6.13. The van der Waals surface area contributed by atoms with Crippen LogP contribution in [0.4, 0.5) is 26.3 Å². The second-order valence-electron chi connectivity index (χ2n) is 16.6. The van der Waals surface area contributed by atoms with Crippen molar-refractivity contribution < 1.29 is 26.3 Å². The molecule has 10 rings (SSSR count). The molecular weight excluding hydrogens is 817 g/mol. The van der Waals surface area contributed by atoms with Crippen LogP contribution in [-0.4, -0.2) is 9.13 Å². The number of aromatic nitrogens is 2. The summed E-state index contributed by atoms with van der Waals surface area (Å²) < 4.78 is 97.0. The van der Waals surface area contributed by atoms with Gasteiger partial charge < -0.3 is 9.13 Å². The predicted molar refractivity (Wildman–Crippen MR) is 245 cm³/mol. The minimum absolute atomic E-state index is 0.0172. The molecule has 0 saturated carbocycles. The van der Waals surface area contributed by atoms with Gasteiger partial charge in [-0.25, -0.2) is 0 Å². The number of benzene rings is 8. The lowest BCUT2D eigenvalue weighted by molar-refractivity contribution is -0.142. The van der Waals surface area contributed by atoms with E-state index in [0.717, 1.165) is 72.1 Å². The first-order valence-electron chi connectivity index (χ1n) is 20.7. The van der Waals surface area contributed by atoms with Crippen LogP contribution in [-0.2, 0) is 12.4 Å². The fourth-order valence-electron chi connectivity index (χ4n) is 9.68. The van der Waals surface area contributed by atoms with Crippen molar-refractivity contribution in [2.75, 3.05) is 0 Å². The van der Waals surface area contributed by atoms with Gasteiger partial charge in [0.2, 0.25) is 0 Å². The van der Waals surface area contributed by atoms with Crippen molar-refractivity contribution in [2.24, 2.45) is 0 Å². The number of hydrogen-bond donors (Lipinski definition) is 0. The van der Waals surface area contributed by atoms with Crippen LogP contribution < -0.4 is 0 Å². The fourth-order valence-corrected chi connectivity index (χ4v) is 9.68. The monoisotopic (exact) mass is 853 g/mol. The van der Waals surface area contributed by atoms with E-state index in [4.69, 9.17) is 0 Å². The van der Waals surface area contributed by atoms with Crippen molar-refractivity contribution in [2.45, 2.75) is 40.0 Å². The molecule has 0 aliphatic heterocycles.